The second-order valence-electron chi connectivity index (χ2n) is 3.20. The van der Waals surface area contributed by atoms with Crippen molar-refractivity contribution in [3.05, 3.63) is 33.5 Å². The van der Waals surface area contributed by atoms with Crippen LogP contribution in [0.2, 0.25) is 0 Å². The molecule has 1 aliphatic carbocycles. The highest BCUT2D eigenvalue weighted by Crippen LogP contribution is 2.29. The van der Waals surface area contributed by atoms with Gasteiger partial charge in [-0.3, -0.25) is 10.1 Å². The number of methoxy groups -OCH3 is 2. The van der Waals surface area contributed by atoms with Crippen LogP contribution in [0.5, 0.6) is 0 Å². The molecule has 7 heteroatoms. The first-order valence-corrected chi connectivity index (χ1v) is 4.43. The van der Waals surface area contributed by atoms with Gasteiger partial charge in [0, 0.05) is 7.11 Å². The number of nitrogens with zero attached hydrogens (tertiary/aromatic N) is 1. The second kappa shape index (κ2) is 4.31. The molecule has 0 amide bonds. The summed E-state index contributed by atoms with van der Waals surface area (Å²) in [6.45, 7) is 0. The van der Waals surface area contributed by atoms with Crippen LogP contribution in [0.3, 0.4) is 0 Å². The van der Waals surface area contributed by atoms with Crippen LogP contribution in [0.15, 0.2) is 23.4 Å². The van der Waals surface area contributed by atoms with E-state index in [1.54, 1.807) is 0 Å². The van der Waals surface area contributed by atoms with Crippen molar-refractivity contribution in [1.82, 2.24) is 0 Å². The van der Waals surface area contributed by atoms with Gasteiger partial charge in [-0.25, -0.2) is 4.79 Å². The Morgan fingerprint density at radius 1 is 1.62 bits per heavy atom. The van der Waals surface area contributed by atoms with Crippen molar-refractivity contribution in [3.8, 4) is 0 Å². The number of hydrogen-bond donors (Lipinski definition) is 1. The van der Waals surface area contributed by atoms with Gasteiger partial charge in [0.1, 0.15) is 5.70 Å². The number of nitro groups is 1. The van der Waals surface area contributed by atoms with E-state index in [0.29, 0.717) is 0 Å². The molecular weight excluding hydrogens is 216 g/mol. The molecule has 88 valence electrons. The van der Waals surface area contributed by atoms with Gasteiger partial charge in [0.25, 0.3) is 0 Å². The Hall–Kier alpha value is -1.89. The standard InChI is InChI=1S/C9H12N2O5/c1-15-8(12)6-3-4-9(16-2,11(13)14)7(10)5-6/h3,5H,4,10H2,1-2H3. The van der Waals surface area contributed by atoms with Crippen LogP contribution >= 0.6 is 0 Å². The molecule has 1 rings (SSSR count). The van der Waals surface area contributed by atoms with Crippen LogP contribution < -0.4 is 5.73 Å². The molecule has 2 N–H and O–H groups in total. The highest BCUT2D eigenvalue weighted by atomic mass is 16.7. The highest BCUT2D eigenvalue weighted by Gasteiger charge is 2.47. The molecule has 0 aromatic heterocycles. The van der Waals surface area contributed by atoms with E-state index in [1.807, 2.05) is 0 Å². The van der Waals surface area contributed by atoms with E-state index in [0.717, 1.165) is 0 Å². The first-order valence-electron chi connectivity index (χ1n) is 4.43. The summed E-state index contributed by atoms with van der Waals surface area (Å²) in [5.41, 5.74) is 3.84. The molecule has 16 heavy (non-hydrogen) atoms. The molecule has 0 aromatic carbocycles. The summed E-state index contributed by atoms with van der Waals surface area (Å²) in [6.07, 6.45) is 2.46. The normalized spacial score (nSPS) is 24.4. The van der Waals surface area contributed by atoms with Gasteiger partial charge < -0.3 is 15.2 Å². The third kappa shape index (κ3) is 1.76. The molecule has 1 aliphatic rings. The van der Waals surface area contributed by atoms with Crippen molar-refractivity contribution in [1.29, 1.82) is 0 Å². The number of carbonyl (C=O) groups is 1. The smallest absolute Gasteiger partial charge is 0.368 e. The van der Waals surface area contributed by atoms with Crippen molar-refractivity contribution in [3.63, 3.8) is 0 Å². The van der Waals surface area contributed by atoms with E-state index in [2.05, 4.69) is 4.74 Å². The van der Waals surface area contributed by atoms with Crippen LogP contribution in [-0.4, -0.2) is 30.8 Å². The minimum absolute atomic E-state index is 0.108. The van der Waals surface area contributed by atoms with Crippen molar-refractivity contribution >= 4 is 5.97 Å². The van der Waals surface area contributed by atoms with Crippen molar-refractivity contribution < 1.29 is 19.2 Å². The molecular formula is C9H12N2O5. The summed E-state index contributed by atoms with van der Waals surface area (Å²) in [5.74, 6) is -0.587. The quantitative estimate of drug-likeness (QED) is 0.314. The molecule has 1 atom stereocenters. The molecule has 0 saturated heterocycles. The largest absolute Gasteiger partial charge is 0.465 e. The summed E-state index contributed by atoms with van der Waals surface area (Å²) in [6, 6.07) is 0. The maximum absolute atomic E-state index is 11.2. The summed E-state index contributed by atoms with van der Waals surface area (Å²) in [5, 5.41) is 10.9. The fourth-order valence-electron chi connectivity index (χ4n) is 1.42. The molecule has 0 aromatic rings. The first kappa shape index (κ1) is 12.2. The fraction of sp³-hybridized carbons (Fsp3) is 0.444. The summed E-state index contributed by atoms with van der Waals surface area (Å²) < 4.78 is 9.31. The van der Waals surface area contributed by atoms with E-state index >= 15 is 0 Å². The zero-order valence-electron chi connectivity index (χ0n) is 8.93. The first-order chi connectivity index (χ1) is 7.47. The van der Waals surface area contributed by atoms with Gasteiger partial charge in [0.05, 0.1) is 24.0 Å². The third-order valence-corrected chi connectivity index (χ3v) is 2.41. The van der Waals surface area contributed by atoms with Crippen molar-refractivity contribution in [2.24, 2.45) is 5.73 Å². The number of esters is 1. The fourth-order valence-corrected chi connectivity index (χ4v) is 1.42. The van der Waals surface area contributed by atoms with Gasteiger partial charge in [-0.05, 0) is 6.08 Å². The summed E-state index contributed by atoms with van der Waals surface area (Å²) >= 11 is 0. The number of hydrogen-bond acceptors (Lipinski definition) is 6. The Morgan fingerprint density at radius 2 is 2.25 bits per heavy atom. The van der Waals surface area contributed by atoms with Crippen LogP contribution in [0.1, 0.15) is 6.42 Å². The van der Waals surface area contributed by atoms with E-state index in [4.69, 9.17) is 10.5 Å². The second-order valence-corrected chi connectivity index (χ2v) is 3.20. The van der Waals surface area contributed by atoms with Gasteiger partial charge in [0.15, 0.2) is 0 Å². The molecule has 0 radical (unpaired) electrons. The lowest BCUT2D eigenvalue weighted by Crippen LogP contribution is -2.46. The topological polar surface area (TPSA) is 105 Å². The molecule has 0 aliphatic heterocycles. The van der Waals surface area contributed by atoms with Crippen molar-refractivity contribution in [2.45, 2.75) is 12.1 Å². The average molecular weight is 228 g/mol. The maximum atomic E-state index is 11.2. The SMILES string of the molecule is COC(=O)C1=CCC(OC)([N+](=O)[O-])C(N)=C1. The lowest BCUT2D eigenvalue weighted by Gasteiger charge is -2.25. The maximum Gasteiger partial charge on any atom is 0.368 e. The van der Waals surface area contributed by atoms with Crippen LogP contribution in [0.4, 0.5) is 0 Å². The summed E-state index contributed by atoms with van der Waals surface area (Å²) in [4.78, 5) is 21.4. The number of ether oxygens (including phenoxy) is 2. The molecule has 7 nitrogen and oxygen atoms in total. The number of carbonyl (C=O) groups excluding carboxylic acids is 1. The van der Waals surface area contributed by atoms with E-state index in [-0.39, 0.29) is 17.7 Å². The van der Waals surface area contributed by atoms with Crippen LogP contribution in [-0.2, 0) is 14.3 Å². The predicted molar refractivity (Wildman–Crippen MR) is 53.7 cm³/mol. The van der Waals surface area contributed by atoms with Gasteiger partial charge >= 0.3 is 11.7 Å². The highest BCUT2D eigenvalue weighted by molar-refractivity contribution is 5.92. The lowest BCUT2D eigenvalue weighted by atomic mass is 9.96. The minimum atomic E-state index is -1.78. The molecule has 0 saturated carbocycles. The predicted octanol–water partition coefficient (Wildman–Crippen LogP) is -0.0485. The zero-order chi connectivity index (χ0) is 12.3. The monoisotopic (exact) mass is 228 g/mol. The van der Waals surface area contributed by atoms with Crippen LogP contribution in [0.25, 0.3) is 0 Å². The Morgan fingerprint density at radius 3 is 2.62 bits per heavy atom. The van der Waals surface area contributed by atoms with Gasteiger partial charge in [0.2, 0.25) is 0 Å². The zero-order valence-corrected chi connectivity index (χ0v) is 8.93. The Kier molecular flexibility index (Phi) is 3.28. The van der Waals surface area contributed by atoms with Crippen LogP contribution in [0, 0.1) is 10.1 Å². The van der Waals surface area contributed by atoms with Gasteiger partial charge in [-0.15, -0.1) is 0 Å². The van der Waals surface area contributed by atoms with E-state index < -0.39 is 16.6 Å². The van der Waals surface area contributed by atoms with E-state index in [9.17, 15) is 14.9 Å². The summed E-state index contributed by atoms with van der Waals surface area (Å²) in [7, 11) is 2.42. The molecule has 0 fully saturated rings. The number of rotatable bonds is 3. The van der Waals surface area contributed by atoms with Gasteiger partial charge in [-0.2, -0.15) is 0 Å². The molecule has 0 spiro atoms. The molecule has 0 heterocycles. The molecule has 1 unspecified atom stereocenters. The minimum Gasteiger partial charge on any atom is -0.465 e. The Labute approximate surface area is 91.7 Å². The van der Waals surface area contributed by atoms with E-state index in [1.165, 1.54) is 26.4 Å². The Bertz CT molecular complexity index is 387. The third-order valence-electron chi connectivity index (χ3n) is 2.41. The lowest BCUT2D eigenvalue weighted by molar-refractivity contribution is -0.613. The average Bonchev–Trinajstić information content (AvgIpc) is 2.27. The molecule has 0 bridgehead atoms. The Balaban J connectivity index is 3.05. The number of nitrogens with two attached hydrogens (primary N) is 1. The van der Waals surface area contributed by atoms with Gasteiger partial charge in [-0.1, -0.05) is 6.08 Å². The van der Waals surface area contributed by atoms with Crippen molar-refractivity contribution in [2.75, 3.05) is 14.2 Å².